The van der Waals surface area contributed by atoms with Gasteiger partial charge >= 0.3 is 12.2 Å². The fourth-order valence-corrected chi connectivity index (χ4v) is 2.85. The third-order valence-corrected chi connectivity index (χ3v) is 4.06. The Hall–Kier alpha value is -3.56. The molecular weight excluding hydrogens is 400 g/mol. The smallest absolute Gasteiger partial charge is 0.421 e. The Morgan fingerprint density at radius 3 is 2.10 bits per heavy atom. The molecule has 1 atom stereocenters. The number of fused-ring (bicyclic) bond motifs is 1. The lowest BCUT2D eigenvalue weighted by atomic mass is 10.2. The van der Waals surface area contributed by atoms with Crippen LogP contribution in [0, 0.1) is 0 Å². The zero-order valence-electron chi connectivity index (χ0n) is 18.5. The molecule has 2 aromatic rings. The Morgan fingerprint density at radius 2 is 1.58 bits per heavy atom. The maximum atomic E-state index is 13.0. The Labute approximate surface area is 181 Å². The minimum Gasteiger partial charge on any atom is -0.443 e. The van der Waals surface area contributed by atoms with E-state index in [1.807, 2.05) is 12.1 Å². The summed E-state index contributed by atoms with van der Waals surface area (Å²) >= 11 is 0. The molecule has 0 spiro atoms. The number of carbonyl (C=O) groups is 2. The van der Waals surface area contributed by atoms with Gasteiger partial charge < -0.3 is 20.5 Å². The molecule has 0 bridgehead atoms. The van der Waals surface area contributed by atoms with E-state index in [0.29, 0.717) is 17.2 Å². The van der Waals surface area contributed by atoms with Crippen LogP contribution in [0.5, 0.6) is 0 Å². The number of nitrogens with zero attached hydrogens (tertiary/aromatic N) is 4. The second-order valence-corrected chi connectivity index (χ2v) is 9.07. The van der Waals surface area contributed by atoms with Crippen LogP contribution in [0.3, 0.4) is 0 Å². The Morgan fingerprint density at radius 1 is 1.03 bits per heavy atom. The molecule has 31 heavy (non-hydrogen) atoms. The number of aliphatic imine (C=N–C) groups is 1. The van der Waals surface area contributed by atoms with E-state index < -0.39 is 29.6 Å². The summed E-state index contributed by atoms with van der Waals surface area (Å²) < 4.78 is 12.7. The lowest BCUT2D eigenvalue weighted by Gasteiger charge is -2.33. The number of amides is 2. The molecule has 2 heterocycles. The van der Waals surface area contributed by atoms with Gasteiger partial charge in [0.2, 0.25) is 0 Å². The molecule has 1 aliphatic rings. The number of imide groups is 1. The van der Waals surface area contributed by atoms with Crippen molar-refractivity contribution in [2.75, 3.05) is 5.73 Å². The molecule has 2 amide bonds. The molecule has 0 radical (unpaired) electrons. The highest BCUT2D eigenvalue weighted by molar-refractivity contribution is 5.89. The highest BCUT2D eigenvalue weighted by atomic mass is 16.6. The molecule has 0 aliphatic carbocycles. The summed E-state index contributed by atoms with van der Waals surface area (Å²) in [5.41, 5.74) is 5.92. The molecule has 166 valence electrons. The fraction of sp³-hybridized carbons (Fsp3) is 0.429. The van der Waals surface area contributed by atoms with Gasteiger partial charge in [0.25, 0.3) is 0 Å². The normalized spacial score (nSPS) is 15.6. The standard InChI is InChI=1S/C21H28N6O4/c1-20(2,3)30-18(28)27(19(29)31-21(4,5)6)17-15-16(23-11-24-17)26(12-25-15)14-9-7-13(22)8-10-14/h7-12,17H,22H2,1-6H3,(H,23,24). The molecule has 1 aromatic heterocycles. The molecule has 3 N–H and O–H groups in total. The molecule has 10 nitrogen and oxygen atoms in total. The molecule has 1 aromatic carbocycles. The van der Waals surface area contributed by atoms with Crippen LogP contribution in [0.4, 0.5) is 21.1 Å². The SMILES string of the molecule is CC(C)(C)OC(=O)N(C(=O)OC(C)(C)C)C1NC=Nc2c1ncn2-c1ccc(N)cc1. The third-order valence-electron chi connectivity index (χ3n) is 4.06. The van der Waals surface area contributed by atoms with E-state index in [-0.39, 0.29) is 0 Å². The molecule has 0 saturated heterocycles. The van der Waals surface area contributed by atoms with E-state index in [2.05, 4.69) is 15.3 Å². The molecule has 0 fully saturated rings. The summed E-state index contributed by atoms with van der Waals surface area (Å²) in [5.74, 6) is 0.464. The van der Waals surface area contributed by atoms with Crippen molar-refractivity contribution in [1.82, 2.24) is 19.8 Å². The summed E-state index contributed by atoms with van der Waals surface area (Å²) in [5, 5.41) is 2.92. The zero-order chi connectivity index (χ0) is 23.0. The number of hydrogen-bond donors (Lipinski definition) is 2. The van der Waals surface area contributed by atoms with E-state index in [1.54, 1.807) is 64.6 Å². The average molecular weight is 428 g/mol. The average Bonchev–Trinajstić information content (AvgIpc) is 3.04. The van der Waals surface area contributed by atoms with Gasteiger partial charge in [-0.2, -0.15) is 4.90 Å². The molecule has 0 saturated carbocycles. The third kappa shape index (κ3) is 5.14. The summed E-state index contributed by atoms with van der Waals surface area (Å²) in [4.78, 5) is 35.6. The summed E-state index contributed by atoms with van der Waals surface area (Å²) in [6, 6.07) is 7.17. The minimum atomic E-state index is -0.966. The van der Waals surface area contributed by atoms with Crippen molar-refractivity contribution in [3.63, 3.8) is 0 Å². The fourth-order valence-electron chi connectivity index (χ4n) is 2.85. The number of carbonyl (C=O) groups excluding carboxylic acids is 2. The van der Waals surface area contributed by atoms with Crippen LogP contribution in [-0.4, -0.2) is 44.2 Å². The number of benzene rings is 1. The number of aromatic nitrogens is 2. The van der Waals surface area contributed by atoms with Crippen molar-refractivity contribution in [3.05, 3.63) is 36.3 Å². The zero-order valence-corrected chi connectivity index (χ0v) is 18.5. The molecular formula is C21H28N6O4. The van der Waals surface area contributed by atoms with Crippen LogP contribution in [0.1, 0.15) is 53.4 Å². The van der Waals surface area contributed by atoms with Gasteiger partial charge in [0, 0.05) is 11.4 Å². The number of hydrogen-bond acceptors (Lipinski definition) is 8. The Bertz CT molecular complexity index is 970. The maximum absolute atomic E-state index is 13.0. The summed E-state index contributed by atoms with van der Waals surface area (Å²) in [7, 11) is 0. The number of rotatable bonds is 2. The Balaban J connectivity index is 2.01. The van der Waals surface area contributed by atoms with E-state index in [9.17, 15) is 9.59 Å². The maximum Gasteiger partial charge on any atom is 0.421 e. The van der Waals surface area contributed by atoms with Gasteiger partial charge in [0.1, 0.15) is 23.2 Å². The van der Waals surface area contributed by atoms with E-state index >= 15 is 0 Å². The van der Waals surface area contributed by atoms with Crippen LogP contribution in [0.25, 0.3) is 5.69 Å². The van der Waals surface area contributed by atoms with Gasteiger partial charge in [0.05, 0.1) is 6.34 Å². The van der Waals surface area contributed by atoms with Crippen molar-refractivity contribution in [3.8, 4) is 5.69 Å². The largest absolute Gasteiger partial charge is 0.443 e. The lowest BCUT2D eigenvalue weighted by molar-refractivity contribution is -0.00935. The summed E-state index contributed by atoms with van der Waals surface area (Å²) in [6.07, 6.45) is 0.289. The van der Waals surface area contributed by atoms with Crippen molar-refractivity contribution >= 4 is 30.0 Å². The topological polar surface area (TPSA) is 124 Å². The van der Waals surface area contributed by atoms with Gasteiger partial charge in [0.15, 0.2) is 12.0 Å². The first-order valence-electron chi connectivity index (χ1n) is 9.83. The van der Waals surface area contributed by atoms with Gasteiger partial charge in [-0.3, -0.25) is 4.57 Å². The van der Waals surface area contributed by atoms with Crippen LogP contribution < -0.4 is 11.1 Å². The van der Waals surface area contributed by atoms with Crippen molar-refractivity contribution < 1.29 is 19.1 Å². The molecule has 1 aliphatic heterocycles. The number of nitrogens with two attached hydrogens (primary N) is 1. The van der Waals surface area contributed by atoms with Crippen molar-refractivity contribution in [2.45, 2.75) is 58.9 Å². The van der Waals surface area contributed by atoms with E-state index in [1.165, 1.54) is 6.34 Å². The highest BCUT2D eigenvalue weighted by Crippen LogP contribution is 2.33. The first kappa shape index (κ1) is 22.1. The predicted octanol–water partition coefficient (Wildman–Crippen LogP) is 3.89. The number of nitrogen functional groups attached to an aromatic ring is 1. The van der Waals surface area contributed by atoms with Gasteiger partial charge in [-0.25, -0.2) is 19.6 Å². The van der Waals surface area contributed by atoms with E-state index in [0.717, 1.165) is 10.6 Å². The minimum absolute atomic E-state index is 0.371. The molecule has 3 rings (SSSR count). The second-order valence-electron chi connectivity index (χ2n) is 9.07. The first-order chi connectivity index (χ1) is 14.4. The van der Waals surface area contributed by atoms with Crippen LogP contribution in [0.15, 0.2) is 35.6 Å². The predicted molar refractivity (Wildman–Crippen MR) is 116 cm³/mol. The second kappa shape index (κ2) is 7.93. The van der Waals surface area contributed by atoms with Crippen LogP contribution in [-0.2, 0) is 9.47 Å². The number of ether oxygens (including phenoxy) is 2. The Kier molecular flexibility index (Phi) is 5.66. The van der Waals surface area contributed by atoms with Gasteiger partial charge in [-0.1, -0.05) is 0 Å². The van der Waals surface area contributed by atoms with Crippen molar-refractivity contribution in [2.24, 2.45) is 4.99 Å². The van der Waals surface area contributed by atoms with E-state index in [4.69, 9.17) is 15.2 Å². The molecule has 10 heteroatoms. The van der Waals surface area contributed by atoms with Crippen LogP contribution >= 0.6 is 0 Å². The quantitative estimate of drug-likeness (QED) is 0.695. The van der Waals surface area contributed by atoms with Crippen molar-refractivity contribution in [1.29, 1.82) is 0 Å². The first-order valence-corrected chi connectivity index (χ1v) is 9.83. The van der Waals surface area contributed by atoms with Crippen LogP contribution in [0.2, 0.25) is 0 Å². The number of anilines is 1. The molecule has 1 unspecified atom stereocenters. The number of nitrogens with one attached hydrogen (secondary N) is 1. The highest BCUT2D eigenvalue weighted by Gasteiger charge is 2.40. The lowest BCUT2D eigenvalue weighted by Crippen LogP contribution is -2.50. The van der Waals surface area contributed by atoms with Gasteiger partial charge in [-0.15, -0.1) is 0 Å². The van der Waals surface area contributed by atoms with Gasteiger partial charge in [-0.05, 0) is 65.8 Å². The number of imidazole rings is 1. The monoisotopic (exact) mass is 428 g/mol. The summed E-state index contributed by atoms with van der Waals surface area (Å²) in [6.45, 7) is 10.3.